The standard InChI is InChI=1S/C24H26N6O4/c1-3-4-14-10-30(23-19(14)22(25)27-12-28-23)24-21(32)20(31)17(34-24)11-33-15-7-5-13-6-8-18(26-2)29-16(13)9-15/h3,5-10,12,17,20-21,24,31-32H,1,4,11H2,2H3,(H,26,29)(H2,25,27,28)/t17-,20-,21-,24-/m1/s1. The average molecular weight is 463 g/mol. The lowest BCUT2D eigenvalue weighted by Gasteiger charge is -2.17. The van der Waals surface area contributed by atoms with Gasteiger partial charge >= 0.3 is 0 Å². The van der Waals surface area contributed by atoms with E-state index >= 15 is 0 Å². The molecule has 1 aliphatic heterocycles. The molecule has 0 saturated carbocycles. The van der Waals surface area contributed by atoms with Gasteiger partial charge in [0.1, 0.15) is 54.3 Å². The van der Waals surface area contributed by atoms with Crippen molar-refractivity contribution in [3.63, 3.8) is 0 Å². The number of rotatable bonds is 7. The first-order valence-corrected chi connectivity index (χ1v) is 10.9. The maximum absolute atomic E-state index is 10.8. The average Bonchev–Trinajstić information content (AvgIpc) is 3.35. The summed E-state index contributed by atoms with van der Waals surface area (Å²) in [5.41, 5.74) is 8.23. The second-order valence-corrected chi connectivity index (χ2v) is 8.17. The smallest absolute Gasteiger partial charge is 0.164 e. The zero-order valence-corrected chi connectivity index (χ0v) is 18.6. The molecule has 3 aromatic heterocycles. The minimum atomic E-state index is -1.19. The molecule has 4 aromatic rings. The minimum Gasteiger partial charge on any atom is -0.491 e. The van der Waals surface area contributed by atoms with E-state index in [9.17, 15) is 10.2 Å². The highest BCUT2D eigenvalue weighted by Crippen LogP contribution is 2.35. The van der Waals surface area contributed by atoms with E-state index in [0.717, 1.165) is 22.3 Å². The number of benzene rings is 1. The van der Waals surface area contributed by atoms with Crippen LogP contribution in [0.3, 0.4) is 0 Å². The topological polar surface area (TPSA) is 141 Å². The molecule has 0 radical (unpaired) electrons. The van der Waals surface area contributed by atoms with Crippen LogP contribution in [0.1, 0.15) is 11.8 Å². The maximum atomic E-state index is 10.8. The van der Waals surface area contributed by atoms with Gasteiger partial charge < -0.3 is 35.3 Å². The van der Waals surface area contributed by atoms with Crippen LogP contribution in [0.2, 0.25) is 0 Å². The second kappa shape index (κ2) is 8.90. The van der Waals surface area contributed by atoms with Crippen molar-refractivity contribution in [1.29, 1.82) is 0 Å². The van der Waals surface area contributed by atoms with Crippen LogP contribution in [0.15, 0.2) is 55.5 Å². The van der Waals surface area contributed by atoms with Crippen LogP contribution in [-0.4, -0.2) is 61.7 Å². The molecule has 10 nitrogen and oxygen atoms in total. The Labute approximate surface area is 195 Å². The van der Waals surface area contributed by atoms with Crippen LogP contribution in [0.4, 0.5) is 11.6 Å². The number of allylic oxidation sites excluding steroid dienone is 1. The lowest BCUT2D eigenvalue weighted by atomic mass is 10.1. The number of aromatic nitrogens is 4. The van der Waals surface area contributed by atoms with Crippen molar-refractivity contribution in [3.05, 3.63) is 61.1 Å². The Morgan fingerprint density at radius 1 is 1.24 bits per heavy atom. The summed E-state index contributed by atoms with van der Waals surface area (Å²) in [5.74, 6) is 1.67. The maximum Gasteiger partial charge on any atom is 0.164 e. The number of hydrogen-bond donors (Lipinski definition) is 4. The number of nitrogens with one attached hydrogen (secondary N) is 1. The van der Waals surface area contributed by atoms with E-state index in [4.69, 9.17) is 15.2 Å². The Morgan fingerprint density at radius 2 is 2.06 bits per heavy atom. The van der Waals surface area contributed by atoms with Crippen LogP contribution >= 0.6 is 0 Å². The second-order valence-electron chi connectivity index (χ2n) is 8.17. The van der Waals surface area contributed by atoms with Gasteiger partial charge in [-0.05, 0) is 36.2 Å². The summed E-state index contributed by atoms with van der Waals surface area (Å²) in [4.78, 5) is 12.9. The molecule has 0 aliphatic carbocycles. The number of nitrogens with zero attached hydrogens (tertiary/aromatic N) is 4. The van der Waals surface area contributed by atoms with Gasteiger partial charge in [0.05, 0.1) is 10.9 Å². The largest absolute Gasteiger partial charge is 0.491 e. The molecule has 0 amide bonds. The molecule has 5 N–H and O–H groups in total. The van der Waals surface area contributed by atoms with Crippen molar-refractivity contribution in [2.24, 2.45) is 0 Å². The summed E-state index contributed by atoms with van der Waals surface area (Å²) in [6, 6.07) is 9.45. The summed E-state index contributed by atoms with van der Waals surface area (Å²) in [6.07, 6.45) is 1.49. The van der Waals surface area contributed by atoms with Crippen LogP contribution in [0.5, 0.6) is 5.75 Å². The first-order chi connectivity index (χ1) is 16.5. The molecule has 4 heterocycles. The number of anilines is 2. The Morgan fingerprint density at radius 3 is 2.85 bits per heavy atom. The Kier molecular flexibility index (Phi) is 5.78. The van der Waals surface area contributed by atoms with E-state index in [1.54, 1.807) is 16.8 Å². The Hall–Kier alpha value is -3.73. The Bertz CT molecular complexity index is 1360. The van der Waals surface area contributed by atoms with E-state index in [-0.39, 0.29) is 6.61 Å². The molecule has 1 aliphatic rings. The molecule has 4 atom stereocenters. The molecular formula is C24H26N6O4. The minimum absolute atomic E-state index is 0.0434. The van der Waals surface area contributed by atoms with Crippen molar-refractivity contribution in [2.75, 3.05) is 24.7 Å². The van der Waals surface area contributed by atoms with Gasteiger partial charge in [-0.2, -0.15) is 0 Å². The molecule has 1 fully saturated rings. The van der Waals surface area contributed by atoms with E-state index in [1.165, 1.54) is 6.33 Å². The van der Waals surface area contributed by atoms with E-state index < -0.39 is 24.5 Å². The fraction of sp³-hybridized carbons (Fsp3) is 0.292. The summed E-state index contributed by atoms with van der Waals surface area (Å²) in [6.45, 7) is 3.83. The molecule has 0 spiro atoms. The molecule has 10 heteroatoms. The SMILES string of the molecule is C=CCc1cn([C@@H]2O[C@H](COc3ccc4ccc(NC)nc4c3)[C@@H](O)[C@H]2O)c2ncnc(N)c12. The van der Waals surface area contributed by atoms with E-state index in [1.807, 2.05) is 37.4 Å². The predicted molar refractivity (Wildman–Crippen MR) is 129 cm³/mol. The lowest BCUT2D eigenvalue weighted by molar-refractivity contribution is -0.0472. The Balaban J connectivity index is 1.37. The number of aliphatic hydroxyl groups excluding tert-OH is 2. The van der Waals surface area contributed by atoms with Crippen molar-refractivity contribution < 1.29 is 19.7 Å². The number of nitrogen functional groups attached to an aromatic ring is 1. The highest BCUT2D eigenvalue weighted by molar-refractivity contribution is 5.90. The van der Waals surface area contributed by atoms with Gasteiger partial charge in [-0.25, -0.2) is 15.0 Å². The highest BCUT2D eigenvalue weighted by atomic mass is 16.6. The van der Waals surface area contributed by atoms with Crippen molar-refractivity contribution in [2.45, 2.75) is 31.0 Å². The van der Waals surface area contributed by atoms with Gasteiger partial charge in [0.2, 0.25) is 0 Å². The highest BCUT2D eigenvalue weighted by Gasteiger charge is 2.44. The summed E-state index contributed by atoms with van der Waals surface area (Å²) < 4.78 is 13.6. The first-order valence-electron chi connectivity index (χ1n) is 10.9. The number of fused-ring (bicyclic) bond motifs is 2. The molecule has 1 saturated heterocycles. The third kappa shape index (κ3) is 3.81. The molecule has 0 bridgehead atoms. The zero-order chi connectivity index (χ0) is 23.8. The van der Waals surface area contributed by atoms with Crippen LogP contribution in [0, 0.1) is 0 Å². The molecule has 176 valence electrons. The number of pyridine rings is 1. The molecule has 1 aromatic carbocycles. The predicted octanol–water partition coefficient (Wildman–Crippen LogP) is 2.03. The first kappa shape index (κ1) is 22.1. The lowest BCUT2D eigenvalue weighted by Crippen LogP contribution is -2.34. The van der Waals surface area contributed by atoms with Crippen LogP contribution < -0.4 is 15.8 Å². The van der Waals surface area contributed by atoms with Crippen LogP contribution in [0.25, 0.3) is 21.9 Å². The number of hydrogen-bond acceptors (Lipinski definition) is 9. The number of ether oxygens (including phenoxy) is 2. The van der Waals surface area contributed by atoms with Gasteiger partial charge in [-0.1, -0.05) is 6.08 Å². The van der Waals surface area contributed by atoms with Gasteiger partial charge in [0.25, 0.3) is 0 Å². The van der Waals surface area contributed by atoms with E-state index in [2.05, 4.69) is 26.8 Å². The third-order valence-corrected chi connectivity index (χ3v) is 6.03. The molecule has 0 unspecified atom stereocenters. The number of nitrogens with two attached hydrogens (primary N) is 1. The van der Waals surface area contributed by atoms with E-state index in [0.29, 0.717) is 29.0 Å². The molecule has 34 heavy (non-hydrogen) atoms. The van der Waals surface area contributed by atoms with Crippen molar-refractivity contribution in [1.82, 2.24) is 19.5 Å². The fourth-order valence-corrected chi connectivity index (χ4v) is 4.29. The summed E-state index contributed by atoms with van der Waals surface area (Å²) in [5, 5.41) is 26.1. The summed E-state index contributed by atoms with van der Waals surface area (Å²) >= 11 is 0. The third-order valence-electron chi connectivity index (χ3n) is 6.03. The quantitative estimate of drug-likeness (QED) is 0.304. The van der Waals surface area contributed by atoms with Gasteiger partial charge in [-0.3, -0.25) is 0 Å². The fourth-order valence-electron chi connectivity index (χ4n) is 4.29. The zero-order valence-electron chi connectivity index (χ0n) is 18.6. The van der Waals surface area contributed by atoms with Gasteiger partial charge in [-0.15, -0.1) is 6.58 Å². The normalized spacial score (nSPS) is 22.3. The number of aliphatic hydroxyl groups is 2. The summed E-state index contributed by atoms with van der Waals surface area (Å²) in [7, 11) is 1.81. The molecule has 5 rings (SSSR count). The monoisotopic (exact) mass is 462 g/mol. The van der Waals surface area contributed by atoms with Gasteiger partial charge in [0, 0.05) is 24.7 Å². The molecular weight excluding hydrogens is 436 g/mol. The van der Waals surface area contributed by atoms with Crippen molar-refractivity contribution in [3.8, 4) is 5.75 Å². The van der Waals surface area contributed by atoms with Gasteiger partial charge in [0.15, 0.2) is 6.23 Å². The van der Waals surface area contributed by atoms with Crippen molar-refractivity contribution >= 4 is 33.6 Å². The van der Waals surface area contributed by atoms with Crippen LogP contribution in [-0.2, 0) is 11.2 Å².